The summed E-state index contributed by atoms with van der Waals surface area (Å²) in [6, 6.07) is 8.52. The monoisotopic (exact) mass is 299 g/mol. The zero-order valence-corrected chi connectivity index (χ0v) is 13.0. The van der Waals surface area contributed by atoms with Gasteiger partial charge in [0.2, 0.25) is 0 Å². The molecule has 1 aromatic carbocycles. The molecule has 0 saturated carbocycles. The lowest BCUT2D eigenvalue weighted by Gasteiger charge is -2.19. The number of hydrogen-bond acceptors (Lipinski definition) is 3. The van der Waals surface area contributed by atoms with Gasteiger partial charge in [0.1, 0.15) is 0 Å². The maximum atomic E-state index is 6.13. The summed E-state index contributed by atoms with van der Waals surface area (Å²) >= 11 is 8.05. The zero-order valence-electron chi connectivity index (χ0n) is 11.4. The summed E-state index contributed by atoms with van der Waals surface area (Å²) in [5.74, 6) is 2.08. The molecule has 1 aliphatic rings. The predicted octanol–water partition coefficient (Wildman–Crippen LogP) is 3.73. The molecule has 0 aliphatic carbocycles. The van der Waals surface area contributed by atoms with Gasteiger partial charge in [0, 0.05) is 35.7 Å². The number of nitrogens with one attached hydrogen (secondary N) is 1. The van der Waals surface area contributed by atoms with Crippen molar-refractivity contribution in [3.8, 4) is 0 Å². The van der Waals surface area contributed by atoms with Crippen LogP contribution in [0.3, 0.4) is 0 Å². The van der Waals surface area contributed by atoms with Crippen LogP contribution in [0, 0.1) is 0 Å². The van der Waals surface area contributed by atoms with Crippen molar-refractivity contribution in [1.82, 2.24) is 5.32 Å². The van der Waals surface area contributed by atoms with Crippen LogP contribution in [0.5, 0.6) is 0 Å². The van der Waals surface area contributed by atoms with Gasteiger partial charge in [0.05, 0.1) is 6.10 Å². The molecule has 2 nitrogen and oxygen atoms in total. The highest BCUT2D eigenvalue weighted by Crippen LogP contribution is 2.20. The molecule has 19 heavy (non-hydrogen) atoms. The highest BCUT2D eigenvalue weighted by atomic mass is 35.5. The van der Waals surface area contributed by atoms with Crippen LogP contribution < -0.4 is 5.32 Å². The van der Waals surface area contributed by atoms with Gasteiger partial charge in [0.25, 0.3) is 0 Å². The topological polar surface area (TPSA) is 21.3 Å². The van der Waals surface area contributed by atoms with Crippen molar-refractivity contribution >= 4 is 23.4 Å². The van der Waals surface area contributed by atoms with Crippen molar-refractivity contribution in [3.05, 3.63) is 34.9 Å². The SMILES string of the molecule is CC(NCCSCc1ccccc1Cl)C1CCCO1. The molecule has 106 valence electrons. The average molecular weight is 300 g/mol. The Balaban J connectivity index is 1.58. The lowest BCUT2D eigenvalue weighted by molar-refractivity contribution is 0.0844. The molecule has 2 unspecified atom stereocenters. The van der Waals surface area contributed by atoms with Gasteiger partial charge in [0.15, 0.2) is 0 Å². The summed E-state index contributed by atoms with van der Waals surface area (Å²) in [4.78, 5) is 0. The van der Waals surface area contributed by atoms with Gasteiger partial charge in [-0.2, -0.15) is 11.8 Å². The lowest BCUT2D eigenvalue weighted by Crippen LogP contribution is -2.38. The Morgan fingerprint density at radius 2 is 2.32 bits per heavy atom. The number of halogens is 1. The summed E-state index contributed by atoms with van der Waals surface area (Å²) < 4.78 is 5.67. The minimum absolute atomic E-state index is 0.411. The Morgan fingerprint density at radius 3 is 3.05 bits per heavy atom. The van der Waals surface area contributed by atoms with E-state index in [1.165, 1.54) is 18.4 Å². The van der Waals surface area contributed by atoms with E-state index in [0.29, 0.717) is 12.1 Å². The lowest BCUT2D eigenvalue weighted by atomic mass is 10.1. The third-order valence-electron chi connectivity index (χ3n) is 3.45. The first-order valence-electron chi connectivity index (χ1n) is 6.93. The van der Waals surface area contributed by atoms with Crippen molar-refractivity contribution in [2.45, 2.75) is 37.7 Å². The van der Waals surface area contributed by atoms with Crippen LogP contribution in [0.2, 0.25) is 5.02 Å². The zero-order chi connectivity index (χ0) is 13.5. The molecule has 0 aromatic heterocycles. The summed E-state index contributed by atoms with van der Waals surface area (Å²) in [6.07, 6.45) is 2.81. The highest BCUT2D eigenvalue weighted by Gasteiger charge is 2.21. The molecule has 1 N–H and O–H groups in total. The van der Waals surface area contributed by atoms with Crippen LogP contribution in [-0.2, 0) is 10.5 Å². The van der Waals surface area contributed by atoms with Crippen LogP contribution in [0.4, 0.5) is 0 Å². The van der Waals surface area contributed by atoms with Gasteiger partial charge < -0.3 is 10.1 Å². The smallest absolute Gasteiger partial charge is 0.0726 e. The second-order valence-electron chi connectivity index (χ2n) is 4.94. The summed E-state index contributed by atoms with van der Waals surface area (Å²) in [5, 5.41) is 4.42. The van der Waals surface area contributed by atoms with Gasteiger partial charge in [-0.15, -0.1) is 0 Å². The quantitative estimate of drug-likeness (QED) is 0.775. The average Bonchev–Trinajstić information content (AvgIpc) is 2.94. The molecule has 0 spiro atoms. The van der Waals surface area contributed by atoms with Gasteiger partial charge in [-0.3, -0.25) is 0 Å². The van der Waals surface area contributed by atoms with E-state index < -0.39 is 0 Å². The molecule has 0 bridgehead atoms. The predicted molar refractivity (Wildman–Crippen MR) is 84.1 cm³/mol. The highest BCUT2D eigenvalue weighted by molar-refractivity contribution is 7.98. The fourth-order valence-corrected chi connectivity index (χ4v) is 3.44. The van der Waals surface area contributed by atoms with E-state index >= 15 is 0 Å². The third-order valence-corrected chi connectivity index (χ3v) is 4.83. The number of rotatable bonds is 7. The van der Waals surface area contributed by atoms with Crippen molar-refractivity contribution in [2.24, 2.45) is 0 Å². The van der Waals surface area contributed by atoms with Gasteiger partial charge in [-0.25, -0.2) is 0 Å². The van der Waals surface area contributed by atoms with E-state index in [1.807, 2.05) is 30.0 Å². The van der Waals surface area contributed by atoms with Crippen LogP contribution >= 0.6 is 23.4 Å². The van der Waals surface area contributed by atoms with E-state index in [-0.39, 0.29) is 0 Å². The Kier molecular flexibility index (Phi) is 6.51. The van der Waals surface area contributed by atoms with Crippen molar-refractivity contribution in [3.63, 3.8) is 0 Å². The number of benzene rings is 1. The Bertz CT molecular complexity index is 382. The van der Waals surface area contributed by atoms with Crippen molar-refractivity contribution in [1.29, 1.82) is 0 Å². The molecule has 1 fully saturated rings. The fourth-order valence-electron chi connectivity index (χ4n) is 2.28. The van der Waals surface area contributed by atoms with Gasteiger partial charge >= 0.3 is 0 Å². The largest absolute Gasteiger partial charge is 0.377 e. The number of ether oxygens (including phenoxy) is 1. The molecule has 2 rings (SSSR count). The van der Waals surface area contributed by atoms with Crippen LogP contribution in [-0.4, -0.2) is 31.1 Å². The fraction of sp³-hybridized carbons (Fsp3) is 0.600. The Hall–Kier alpha value is -0.220. The molecule has 1 aliphatic heterocycles. The number of thioether (sulfide) groups is 1. The van der Waals surface area contributed by atoms with Crippen LogP contribution in [0.15, 0.2) is 24.3 Å². The second-order valence-corrected chi connectivity index (χ2v) is 6.45. The van der Waals surface area contributed by atoms with E-state index in [9.17, 15) is 0 Å². The second kappa shape index (κ2) is 8.15. The van der Waals surface area contributed by atoms with E-state index in [1.54, 1.807) is 0 Å². The molecule has 1 saturated heterocycles. The van der Waals surface area contributed by atoms with Gasteiger partial charge in [-0.05, 0) is 31.4 Å². The maximum absolute atomic E-state index is 6.13. The van der Waals surface area contributed by atoms with E-state index in [4.69, 9.17) is 16.3 Å². The number of hydrogen-bond donors (Lipinski definition) is 1. The molecule has 0 amide bonds. The first kappa shape index (κ1) is 15.2. The first-order chi connectivity index (χ1) is 9.27. The Labute approximate surface area is 125 Å². The normalized spacial score (nSPS) is 20.6. The molecular weight excluding hydrogens is 278 g/mol. The molecule has 1 aromatic rings. The minimum atomic E-state index is 0.411. The Morgan fingerprint density at radius 1 is 1.47 bits per heavy atom. The standard InChI is InChI=1S/C15H22ClNOS/c1-12(15-7-4-9-18-15)17-8-10-19-11-13-5-2-3-6-14(13)16/h2-3,5-6,12,15,17H,4,7-11H2,1H3. The van der Waals surface area contributed by atoms with Crippen LogP contribution in [0.1, 0.15) is 25.3 Å². The van der Waals surface area contributed by atoms with Gasteiger partial charge in [-0.1, -0.05) is 29.8 Å². The molecular formula is C15H22ClNOS. The van der Waals surface area contributed by atoms with Crippen LogP contribution in [0.25, 0.3) is 0 Å². The summed E-state index contributed by atoms with van der Waals surface area (Å²) in [7, 11) is 0. The van der Waals surface area contributed by atoms with E-state index in [0.717, 1.165) is 29.7 Å². The molecule has 0 radical (unpaired) electrons. The summed E-state index contributed by atoms with van der Waals surface area (Å²) in [6.45, 7) is 4.17. The third kappa shape index (κ3) is 4.99. The molecule has 1 heterocycles. The summed E-state index contributed by atoms with van der Waals surface area (Å²) in [5.41, 5.74) is 1.22. The molecule has 4 heteroatoms. The van der Waals surface area contributed by atoms with Crippen molar-refractivity contribution in [2.75, 3.05) is 18.9 Å². The van der Waals surface area contributed by atoms with Crippen molar-refractivity contribution < 1.29 is 4.74 Å². The molecule has 2 atom stereocenters. The van der Waals surface area contributed by atoms with E-state index in [2.05, 4.69) is 18.3 Å². The maximum Gasteiger partial charge on any atom is 0.0726 e. The first-order valence-corrected chi connectivity index (χ1v) is 8.47. The minimum Gasteiger partial charge on any atom is -0.377 e.